The number of rotatable bonds is 8. The van der Waals surface area contributed by atoms with Crippen LogP contribution in [0.5, 0.6) is 0 Å². The maximum atomic E-state index is 4.35. The second-order valence-electron chi connectivity index (χ2n) is 4.80. The summed E-state index contributed by atoms with van der Waals surface area (Å²) in [5, 5.41) is 7.81. The molecule has 0 aromatic carbocycles. The van der Waals surface area contributed by atoms with E-state index in [4.69, 9.17) is 0 Å². The third-order valence-corrected chi connectivity index (χ3v) is 2.98. The van der Waals surface area contributed by atoms with Crippen LogP contribution >= 0.6 is 0 Å². The standard InChI is InChI=1S/C13H26N4/c1-5-7-12(14-6-2)8-9-13-15-10-16-17(13)11(3)4/h10-12,14H,5-9H2,1-4H3. The van der Waals surface area contributed by atoms with E-state index in [1.165, 1.54) is 12.8 Å². The van der Waals surface area contributed by atoms with E-state index in [9.17, 15) is 0 Å². The summed E-state index contributed by atoms with van der Waals surface area (Å²) in [4.78, 5) is 4.35. The zero-order valence-electron chi connectivity index (χ0n) is 11.6. The van der Waals surface area contributed by atoms with Gasteiger partial charge in [-0.1, -0.05) is 20.3 Å². The lowest BCUT2D eigenvalue weighted by Gasteiger charge is -2.17. The minimum atomic E-state index is 0.399. The minimum Gasteiger partial charge on any atom is -0.314 e. The van der Waals surface area contributed by atoms with Gasteiger partial charge in [-0.15, -0.1) is 0 Å². The van der Waals surface area contributed by atoms with Gasteiger partial charge in [0.2, 0.25) is 0 Å². The molecule has 4 nitrogen and oxygen atoms in total. The van der Waals surface area contributed by atoms with Crippen molar-refractivity contribution in [1.82, 2.24) is 20.1 Å². The Morgan fingerprint density at radius 3 is 2.65 bits per heavy atom. The van der Waals surface area contributed by atoms with Crippen LogP contribution < -0.4 is 5.32 Å². The van der Waals surface area contributed by atoms with Crippen LogP contribution in [0.15, 0.2) is 6.33 Å². The second kappa shape index (κ2) is 7.43. The van der Waals surface area contributed by atoms with Gasteiger partial charge >= 0.3 is 0 Å². The van der Waals surface area contributed by atoms with Gasteiger partial charge in [-0.3, -0.25) is 0 Å². The normalized spacial score (nSPS) is 13.2. The molecule has 0 saturated heterocycles. The van der Waals surface area contributed by atoms with Crippen molar-refractivity contribution < 1.29 is 0 Å². The molecule has 0 fully saturated rings. The van der Waals surface area contributed by atoms with E-state index < -0.39 is 0 Å². The molecule has 98 valence electrons. The van der Waals surface area contributed by atoms with E-state index >= 15 is 0 Å². The summed E-state index contributed by atoms with van der Waals surface area (Å²) >= 11 is 0. The third-order valence-electron chi connectivity index (χ3n) is 2.98. The van der Waals surface area contributed by atoms with E-state index in [-0.39, 0.29) is 0 Å². The highest BCUT2D eigenvalue weighted by atomic mass is 15.3. The number of aromatic nitrogens is 3. The molecule has 0 aliphatic heterocycles. The monoisotopic (exact) mass is 238 g/mol. The molecule has 1 atom stereocenters. The fraction of sp³-hybridized carbons (Fsp3) is 0.846. The highest BCUT2D eigenvalue weighted by Crippen LogP contribution is 2.10. The molecule has 17 heavy (non-hydrogen) atoms. The van der Waals surface area contributed by atoms with Gasteiger partial charge in [0.1, 0.15) is 12.2 Å². The molecule has 0 spiro atoms. The number of nitrogens with zero attached hydrogens (tertiary/aromatic N) is 3. The van der Waals surface area contributed by atoms with E-state index in [0.29, 0.717) is 12.1 Å². The lowest BCUT2D eigenvalue weighted by Crippen LogP contribution is -2.29. The van der Waals surface area contributed by atoms with Crippen molar-refractivity contribution in [2.45, 2.75) is 65.5 Å². The second-order valence-corrected chi connectivity index (χ2v) is 4.80. The van der Waals surface area contributed by atoms with E-state index in [0.717, 1.165) is 25.2 Å². The van der Waals surface area contributed by atoms with Crippen LogP contribution in [0.1, 0.15) is 58.8 Å². The van der Waals surface area contributed by atoms with Gasteiger partial charge in [-0.2, -0.15) is 5.10 Å². The molecule has 0 aliphatic rings. The molecular formula is C13H26N4. The highest BCUT2D eigenvalue weighted by molar-refractivity contribution is 4.88. The molecule has 1 rings (SSSR count). The molecular weight excluding hydrogens is 212 g/mol. The predicted octanol–water partition coefficient (Wildman–Crippen LogP) is 2.57. The summed E-state index contributed by atoms with van der Waals surface area (Å²) in [6.45, 7) is 9.74. The Balaban J connectivity index is 2.49. The number of nitrogens with one attached hydrogen (secondary N) is 1. The Morgan fingerprint density at radius 1 is 1.29 bits per heavy atom. The third kappa shape index (κ3) is 4.46. The summed E-state index contributed by atoms with van der Waals surface area (Å²) in [7, 11) is 0. The first-order valence-corrected chi connectivity index (χ1v) is 6.80. The average molecular weight is 238 g/mol. The molecule has 1 aromatic heterocycles. The van der Waals surface area contributed by atoms with Gasteiger partial charge in [0.15, 0.2) is 0 Å². The van der Waals surface area contributed by atoms with Crippen LogP contribution in [0.25, 0.3) is 0 Å². The molecule has 1 aromatic rings. The SMILES string of the molecule is CCCC(CCc1ncnn1C(C)C)NCC. The quantitative estimate of drug-likeness (QED) is 0.757. The molecule has 1 heterocycles. The summed E-state index contributed by atoms with van der Waals surface area (Å²) in [6, 6.07) is 1.01. The number of aryl methyl sites for hydroxylation is 1. The minimum absolute atomic E-state index is 0.399. The zero-order valence-corrected chi connectivity index (χ0v) is 11.6. The number of hydrogen-bond donors (Lipinski definition) is 1. The summed E-state index contributed by atoms with van der Waals surface area (Å²) in [6.07, 6.45) is 6.29. The van der Waals surface area contributed by atoms with Crippen LogP contribution in [0.4, 0.5) is 0 Å². The lowest BCUT2D eigenvalue weighted by molar-refractivity contribution is 0.439. The smallest absolute Gasteiger partial charge is 0.138 e. The highest BCUT2D eigenvalue weighted by Gasteiger charge is 2.11. The first-order valence-electron chi connectivity index (χ1n) is 6.80. The van der Waals surface area contributed by atoms with Crippen LogP contribution in [-0.4, -0.2) is 27.4 Å². The predicted molar refractivity (Wildman–Crippen MR) is 71.1 cm³/mol. The Kier molecular flexibility index (Phi) is 6.19. The molecule has 0 saturated carbocycles. The molecule has 0 radical (unpaired) electrons. The Hall–Kier alpha value is -0.900. The van der Waals surface area contributed by atoms with Crippen molar-refractivity contribution in [2.24, 2.45) is 0 Å². The van der Waals surface area contributed by atoms with E-state index in [1.807, 2.05) is 4.68 Å². The first-order chi connectivity index (χ1) is 8.19. The topological polar surface area (TPSA) is 42.7 Å². The zero-order chi connectivity index (χ0) is 12.7. The van der Waals surface area contributed by atoms with Crippen molar-refractivity contribution >= 4 is 0 Å². The number of hydrogen-bond acceptors (Lipinski definition) is 3. The van der Waals surface area contributed by atoms with Crippen molar-refractivity contribution in [3.05, 3.63) is 12.2 Å². The maximum absolute atomic E-state index is 4.35. The first kappa shape index (κ1) is 14.2. The molecule has 4 heteroatoms. The van der Waals surface area contributed by atoms with E-state index in [1.54, 1.807) is 6.33 Å². The summed E-state index contributed by atoms with van der Waals surface area (Å²) in [5.41, 5.74) is 0. The average Bonchev–Trinajstić information content (AvgIpc) is 2.74. The Bertz CT molecular complexity index is 300. The summed E-state index contributed by atoms with van der Waals surface area (Å²) < 4.78 is 2.02. The van der Waals surface area contributed by atoms with Gasteiger partial charge in [0.05, 0.1) is 0 Å². The Labute approximate surface area is 105 Å². The lowest BCUT2D eigenvalue weighted by atomic mass is 10.1. The van der Waals surface area contributed by atoms with Gasteiger partial charge in [0.25, 0.3) is 0 Å². The maximum Gasteiger partial charge on any atom is 0.138 e. The van der Waals surface area contributed by atoms with Crippen LogP contribution in [-0.2, 0) is 6.42 Å². The summed E-state index contributed by atoms with van der Waals surface area (Å²) in [5.74, 6) is 1.11. The molecule has 0 aliphatic carbocycles. The molecule has 1 N–H and O–H groups in total. The van der Waals surface area contributed by atoms with Crippen LogP contribution in [0.2, 0.25) is 0 Å². The largest absolute Gasteiger partial charge is 0.314 e. The molecule has 0 amide bonds. The van der Waals surface area contributed by atoms with Crippen molar-refractivity contribution in [1.29, 1.82) is 0 Å². The van der Waals surface area contributed by atoms with Gasteiger partial charge in [0, 0.05) is 18.5 Å². The van der Waals surface area contributed by atoms with E-state index in [2.05, 4.69) is 43.1 Å². The van der Waals surface area contributed by atoms with Crippen molar-refractivity contribution in [3.63, 3.8) is 0 Å². The fourth-order valence-corrected chi connectivity index (χ4v) is 2.17. The van der Waals surface area contributed by atoms with Gasteiger partial charge in [-0.05, 0) is 33.2 Å². The van der Waals surface area contributed by atoms with Crippen LogP contribution in [0.3, 0.4) is 0 Å². The van der Waals surface area contributed by atoms with Gasteiger partial charge < -0.3 is 5.32 Å². The molecule has 1 unspecified atom stereocenters. The van der Waals surface area contributed by atoms with Gasteiger partial charge in [-0.25, -0.2) is 9.67 Å². The fourth-order valence-electron chi connectivity index (χ4n) is 2.17. The van der Waals surface area contributed by atoms with Crippen LogP contribution in [0, 0.1) is 0 Å². The molecule has 0 bridgehead atoms. The van der Waals surface area contributed by atoms with Crippen molar-refractivity contribution in [3.8, 4) is 0 Å². The Morgan fingerprint density at radius 2 is 2.06 bits per heavy atom. The van der Waals surface area contributed by atoms with Crippen molar-refractivity contribution in [2.75, 3.05) is 6.54 Å².